The molecule has 0 saturated carbocycles. The smallest absolute Gasteiger partial charge is 0.259 e. The fourth-order valence-corrected chi connectivity index (χ4v) is 4.04. The Labute approximate surface area is 168 Å². The Balaban J connectivity index is 0.00000210. The van der Waals surface area contributed by atoms with Gasteiger partial charge >= 0.3 is 0 Å². The van der Waals surface area contributed by atoms with Gasteiger partial charge < -0.3 is 10.3 Å². The van der Waals surface area contributed by atoms with E-state index in [0.717, 1.165) is 42.2 Å². The number of piperidine rings is 1. The first kappa shape index (κ1) is 19.5. The lowest BCUT2D eigenvalue weighted by molar-refractivity contribution is 0.354. The molecule has 7 heteroatoms. The molecule has 0 spiro atoms. The second kappa shape index (κ2) is 8.21. The standard InChI is InChI=1S/C20H19ClN4O.ClH/c21-16-6-2-1-5-15(16)20(8-12-22-13-9-20)17-7-11-23-18(25-17)14-4-3-10-24-19(14)26;/h1-7,10-11,22H,8-9,12-13H2,(H,24,26);1H. The molecule has 4 rings (SSSR count). The first-order valence-corrected chi connectivity index (χ1v) is 9.06. The summed E-state index contributed by atoms with van der Waals surface area (Å²) in [5.74, 6) is 0.439. The number of hydrogen-bond acceptors (Lipinski definition) is 4. The van der Waals surface area contributed by atoms with Gasteiger partial charge in [0.05, 0.1) is 11.3 Å². The van der Waals surface area contributed by atoms with Gasteiger partial charge in [0.15, 0.2) is 5.82 Å². The molecule has 0 atom stereocenters. The molecule has 1 aromatic carbocycles. The Morgan fingerprint density at radius 1 is 1.04 bits per heavy atom. The summed E-state index contributed by atoms with van der Waals surface area (Å²) >= 11 is 6.56. The zero-order chi connectivity index (χ0) is 18.0. The Bertz CT molecular complexity index is 983. The van der Waals surface area contributed by atoms with Crippen LogP contribution in [0.3, 0.4) is 0 Å². The zero-order valence-electron chi connectivity index (χ0n) is 14.6. The molecule has 3 heterocycles. The molecule has 140 valence electrons. The summed E-state index contributed by atoms with van der Waals surface area (Å²) in [5, 5.41) is 4.16. The summed E-state index contributed by atoms with van der Waals surface area (Å²) in [6.07, 6.45) is 5.11. The third-order valence-electron chi connectivity index (χ3n) is 5.05. The van der Waals surface area contributed by atoms with Crippen molar-refractivity contribution in [1.29, 1.82) is 0 Å². The van der Waals surface area contributed by atoms with Gasteiger partial charge in [-0.05, 0) is 55.8 Å². The van der Waals surface area contributed by atoms with Crippen LogP contribution in [-0.2, 0) is 5.41 Å². The normalized spacial score (nSPS) is 15.7. The lowest BCUT2D eigenvalue weighted by Gasteiger charge is -2.38. The van der Waals surface area contributed by atoms with Gasteiger partial charge in [0.2, 0.25) is 0 Å². The largest absolute Gasteiger partial charge is 0.328 e. The lowest BCUT2D eigenvalue weighted by atomic mass is 9.70. The summed E-state index contributed by atoms with van der Waals surface area (Å²) < 4.78 is 0. The predicted molar refractivity (Wildman–Crippen MR) is 110 cm³/mol. The maximum absolute atomic E-state index is 12.1. The summed E-state index contributed by atoms with van der Waals surface area (Å²) in [6.45, 7) is 1.77. The summed E-state index contributed by atoms with van der Waals surface area (Å²) in [6, 6.07) is 13.4. The number of nitrogens with one attached hydrogen (secondary N) is 2. The number of rotatable bonds is 3. The van der Waals surface area contributed by atoms with E-state index in [1.54, 1.807) is 24.5 Å². The van der Waals surface area contributed by atoms with Crippen molar-refractivity contribution in [2.24, 2.45) is 0 Å². The van der Waals surface area contributed by atoms with Crippen LogP contribution < -0.4 is 10.9 Å². The molecule has 1 aliphatic rings. The Morgan fingerprint density at radius 3 is 2.56 bits per heavy atom. The average Bonchev–Trinajstić information content (AvgIpc) is 2.69. The highest BCUT2D eigenvalue weighted by Crippen LogP contribution is 2.42. The number of aromatic amines is 1. The highest BCUT2D eigenvalue weighted by atomic mass is 35.5. The van der Waals surface area contributed by atoms with Crippen molar-refractivity contribution in [3.63, 3.8) is 0 Å². The molecule has 27 heavy (non-hydrogen) atoms. The highest BCUT2D eigenvalue weighted by molar-refractivity contribution is 6.31. The molecule has 0 unspecified atom stereocenters. The number of nitrogens with zero attached hydrogens (tertiary/aromatic N) is 2. The van der Waals surface area contributed by atoms with Crippen LogP contribution in [0.2, 0.25) is 5.02 Å². The van der Waals surface area contributed by atoms with E-state index in [1.807, 2.05) is 24.3 Å². The molecule has 0 amide bonds. The quantitative estimate of drug-likeness (QED) is 0.702. The predicted octanol–water partition coefficient (Wildman–Crippen LogP) is 3.58. The van der Waals surface area contributed by atoms with E-state index in [1.165, 1.54) is 0 Å². The maximum Gasteiger partial charge on any atom is 0.259 e. The monoisotopic (exact) mass is 402 g/mol. The number of halogens is 2. The van der Waals surface area contributed by atoms with Crippen molar-refractivity contribution in [2.45, 2.75) is 18.3 Å². The van der Waals surface area contributed by atoms with Gasteiger partial charge in [-0.25, -0.2) is 9.97 Å². The van der Waals surface area contributed by atoms with E-state index >= 15 is 0 Å². The first-order valence-electron chi connectivity index (χ1n) is 8.68. The number of hydrogen-bond donors (Lipinski definition) is 2. The van der Waals surface area contributed by atoms with Gasteiger partial charge in [0.25, 0.3) is 5.56 Å². The van der Waals surface area contributed by atoms with E-state index < -0.39 is 0 Å². The fraction of sp³-hybridized carbons (Fsp3) is 0.250. The number of pyridine rings is 1. The molecular formula is C20H20Cl2N4O. The van der Waals surface area contributed by atoms with Crippen LogP contribution >= 0.6 is 24.0 Å². The van der Waals surface area contributed by atoms with Crippen LogP contribution in [0.25, 0.3) is 11.4 Å². The second-order valence-electron chi connectivity index (χ2n) is 6.49. The van der Waals surface area contributed by atoms with Gasteiger partial charge in [-0.15, -0.1) is 12.4 Å². The van der Waals surface area contributed by atoms with Crippen LogP contribution in [0.15, 0.2) is 59.7 Å². The van der Waals surface area contributed by atoms with E-state index in [9.17, 15) is 4.79 Å². The third-order valence-corrected chi connectivity index (χ3v) is 5.38. The maximum atomic E-state index is 12.1. The molecule has 2 aromatic heterocycles. The van der Waals surface area contributed by atoms with Crippen LogP contribution in [0.4, 0.5) is 0 Å². The molecule has 1 aliphatic heterocycles. The molecular weight excluding hydrogens is 383 g/mol. The topological polar surface area (TPSA) is 70.7 Å². The van der Waals surface area contributed by atoms with E-state index in [2.05, 4.69) is 21.4 Å². The van der Waals surface area contributed by atoms with Crippen LogP contribution in [0.5, 0.6) is 0 Å². The zero-order valence-corrected chi connectivity index (χ0v) is 16.2. The Hall–Kier alpha value is -2.21. The number of benzene rings is 1. The van der Waals surface area contributed by atoms with Crippen molar-refractivity contribution in [2.75, 3.05) is 13.1 Å². The number of aromatic nitrogens is 3. The minimum atomic E-state index is -0.289. The molecule has 0 bridgehead atoms. The van der Waals surface area contributed by atoms with Crippen LogP contribution in [0.1, 0.15) is 24.1 Å². The molecule has 1 saturated heterocycles. The molecule has 0 aliphatic carbocycles. The summed E-state index contributed by atoms with van der Waals surface area (Å²) in [4.78, 5) is 24.0. The van der Waals surface area contributed by atoms with Crippen molar-refractivity contribution < 1.29 is 0 Å². The average molecular weight is 403 g/mol. The van der Waals surface area contributed by atoms with Crippen LogP contribution in [0, 0.1) is 0 Å². The fourth-order valence-electron chi connectivity index (χ4n) is 3.72. The van der Waals surface area contributed by atoms with E-state index in [0.29, 0.717) is 11.4 Å². The molecule has 5 nitrogen and oxygen atoms in total. The van der Waals surface area contributed by atoms with Gasteiger partial charge in [0.1, 0.15) is 0 Å². The molecule has 0 radical (unpaired) electrons. The Morgan fingerprint density at radius 2 is 1.81 bits per heavy atom. The van der Waals surface area contributed by atoms with E-state index in [4.69, 9.17) is 16.6 Å². The van der Waals surface area contributed by atoms with Crippen molar-refractivity contribution >= 4 is 24.0 Å². The van der Waals surface area contributed by atoms with Crippen LogP contribution in [-0.4, -0.2) is 28.0 Å². The van der Waals surface area contributed by atoms with Crippen molar-refractivity contribution in [3.05, 3.63) is 81.5 Å². The molecule has 1 fully saturated rings. The van der Waals surface area contributed by atoms with Crippen molar-refractivity contribution in [1.82, 2.24) is 20.3 Å². The molecule has 3 aromatic rings. The SMILES string of the molecule is Cl.O=c1[nH]cccc1-c1nccc(C2(c3ccccc3Cl)CCNCC2)n1. The van der Waals surface area contributed by atoms with Gasteiger partial charge in [-0.1, -0.05) is 29.8 Å². The minimum Gasteiger partial charge on any atom is -0.328 e. The van der Waals surface area contributed by atoms with Gasteiger partial charge in [-0.3, -0.25) is 4.79 Å². The third kappa shape index (κ3) is 3.63. The number of H-pyrrole nitrogens is 1. The first-order chi connectivity index (χ1) is 12.7. The summed E-state index contributed by atoms with van der Waals surface area (Å²) in [5.41, 5.74) is 1.97. The minimum absolute atomic E-state index is 0. The van der Waals surface area contributed by atoms with Gasteiger partial charge in [0, 0.05) is 22.8 Å². The second-order valence-corrected chi connectivity index (χ2v) is 6.90. The van der Waals surface area contributed by atoms with E-state index in [-0.39, 0.29) is 23.4 Å². The Kier molecular flexibility index (Phi) is 5.95. The molecule has 2 N–H and O–H groups in total. The highest BCUT2D eigenvalue weighted by Gasteiger charge is 2.38. The van der Waals surface area contributed by atoms with Crippen molar-refractivity contribution in [3.8, 4) is 11.4 Å². The van der Waals surface area contributed by atoms with Gasteiger partial charge in [-0.2, -0.15) is 0 Å². The summed E-state index contributed by atoms with van der Waals surface area (Å²) in [7, 11) is 0. The lowest BCUT2D eigenvalue weighted by Crippen LogP contribution is -2.41.